The molecule has 27 heavy (non-hydrogen) atoms. The Morgan fingerprint density at radius 1 is 1.07 bits per heavy atom. The van der Waals surface area contributed by atoms with Crippen LogP contribution in [0.1, 0.15) is 38.2 Å². The number of sulfonamides is 1. The van der Waals surface area contributed by atoms with E-state index in [-0.39, 0.29) is 5.91 Å². The summed E-state index contributed by atoms with van der Waals surface area (Å²) < 4.78 is 27.0. The largest absolute Gasteiger partial charge is 0.336 e. The van der Waals surface area contributed by atoms with E-state index in [1.807, 2.05) is 24.0 Å². The fraction of sp³-hybridized carbons (Fsp3) is 0.650. The van der Waals surface area contributed by atoms with Crippen molar-refractivity contribution in [2.75, 3.05) is 32.7 Å². The van der Waals surface area contributed by atoms with Crippen LogP contribution in [0.25, 0.3) is 0 Å². The number of nitrogens with zero attached hydrogens (tertiary/aromatic N) is 2. The van der Waals surface area contributed by atoms with Crippen LogP contribution in [0.2, 0.25) is 0 Å². The normalized spacial score (nSPS) is 24.7. The molecule has 0 aromatic heterocycles. The molecule has 1 heterocycles. The molecule has 1 aromatic carbocycles. The molecule has 0 bridgehead atoms. The van der Waals surface area contributed by atoms with Crippen LogP contribution in [0, 0.1) is 12.8 Å². The molecule has 150 valence electrons. The van der Waals surface area contributed by atoms with Gasteiger partial charge in [-0.3, -0.25) is 4.79 Å². The van der Waals surface area contributed by atoms with Crippen LogP contribution in [0.3, 0.4) is 0 Å². The van der Waals surface area contributed by atoms with E-state index >= 15 is 0 Å². The molecule has 1 saturated carbocycles. The van der Waals surface area contributed by atoms with Crippen LogP contribution < -0.4 is 5.32 Å². The van der Waals surface area contributed by atoms with Crippen molar-refractivity contribution in [3.63, 3.8) is 0 Å². The molecular formula is C20H32N3O3S+. The molecule has 1 aliphatic carbocycles. The molecular weight excluding hydrogens is 362 g/mol. The van der Waals surface area contributed by atoms with Crippen LogP contribution in [0.15, 0.2) is 29.2 Å². The molecule has 7 heteroatoms. The number of aryl methyl sites for hydroxylation is 1. The Morgan fingerprint density at radius 3 is 2.33 bits per heavy atom. The number of hydrogen-bond acceptors (Lipinski definition) is 3. The maximum absolute atomic E-state index is 12.8. The Bertz CT molecular complexity index is 740. The van der Waals surface area contributed by atoms with Crippen molar-refractivity contribution in [1.82, 2.24) is 9.21 Å². The van der Waals surface area contributed by atoms with Crippen molar-refractivity contribution < 1.29 is 18.5 Å². The van der Waals surface area contributed by atoms with Gasteiger partial charge in [-0.1, -0.05) is 31.0 Å². The summed E-state index contributed by atoms with van der Waals surface area (Å²) in [6, 6.07) is 7.49. The highest BCUT2D eigenvalue weighted by Gasteiger charge is 2.31. The van der Waals surface area contributed by atoms with Gasteiger partial charge >= 0.3 is 0 Å². The minimum atomic E-state index is -3.48. The minimum absolute atomic E-state index is 0.125. The Labute approximate surface area is 163 Å². The summed E-state index contributed by atoms with van der Waals surface area (Å²) in [5.74, 6) is 0.795. The molecule has 2 atom stereocenters. The van der Waals surface area contributed by atoms with E-state index in [1.54, 1.807) is 12.1 Å². The number of piperazine rings is 1. The van der Waals surface area contributed by atoms with Crippen molar-refractivity contribution in [2.45, 2.75) is 50.5 Å². The maximum Gasteiger partial charge on any atom is 0.277 e. The van der Waals surface area contributed by atoms with Gasteiger partial charge in [-0.05, 0) is 38.3 Å². The number of rotatable bonds is 5. The third kappa shape index (κ3) is 4.89. The van der Waals surface area contributed by atoms with E-state index in [0.29, 0.717) is 49.6 Å². The van der Waals surface area contributed by atoms with Gasteiger partial charge in [0.15, 0.2) is 6.54 Å². The molecule has 0 unspecified atom stereocenters. The number of carbonyl (C=O) groups excluding carboxylic acids is 1. The zero-order chi connectivity index (χ0) is 19.4. The second kappa shape index (κ2) is 8.71. The molecule has 2 N–H and O–H groups in total. The SMILES string of the molecule is Cc1ccc(S(=O)(=O)N2CCN(C(=O)C[NH2+][C@@H]3CCCC[C@@H]3C)CC2)cc1. The molecule has 1 aliphatic heterocycles. The first-order chi connectivity index (χ1) is 12.9. The molecule has 0 radical (unpaired) electrons. The van der Waals surface area contributed by atoms with Crippen molar-refractivity contribution in [2.24, 2.45) is 5.92 Å². The van der Waals surface area contributed by atoms with Gasteiger partial charge in [0.05, 0.1) is 10.9 Å². The van der Waals surface area contributed by atoms with Crippen LogP contribution in [-0.2, 0) is 14.8 Å². The van der Waals surface area contributed by atoms with Crippen molar-refractivity contribution in [3.05, 3.63) is 29.8 Å². The lowest BCUT2D eigenvalue weighted by molar-refractivity contribution is -0.688. The lowest BCUT2D eigenvalue weighted by Gasteiger charge is -2.34. The number of nitrogens with two attached hydrogens (primary N) is 1. The number of quaternary nitrogens is 1. The van der Waals surface area contributed by atoms with Gasteiger partial charge in [-0.2, -0.15) is 4.31 Å². The van der Waals surface area contributed by atoms with Gasteiger partial charge in [0.2, 0.25) is 10.0 Å². The van der Waals surface area contributed by atoms with E-state index in [0.717, 1.165) is 5.56 Å². The van der Waals surface area contributed by atoms with Crippen LogP contribution >= 0.6 is 0 Å². The van der Waals surface area contributed by atoms with Gasteiger partial charge in [0, 0.05) is 32.1 Å². The van der Waals surface area contributed by atoms with Crippen molar-refractivity contribution in [1.29, 1.82) is 0 Å². The molecule has 1 amide bonds. The highest BCUT2D eigenvalue weighted by atomic mass is 32.2. The van der Waals surface area contributed by atoms with Crippen molar-refractivity contribution >= 4 is 15.9 Å². The van der Waals surface area contributed by atoms with Gasteiger partial charge in [-0.25, -0.2) is 8.42 Å². The van der Waals surface area contributed by atoms with E-state index in [2.05, 4.69) is 12.2 Å². The number of amides is 1. The van der Waals surface area contributed by atoms with E-state index in [9.17, 15) is 13.2 Å². The average molecular weight is 395 g/mol. The van der Waals surface area contributed by atoms with Gasteiger partial charge in [0.25, 0.3) is 5.91 Å². The molecule has 6 nitrogen and oxygen atoms in total. The summed E-state index contributed by atoms with van der Waals surface area (Å²) in [5, 5.41) is 2.20. The lowest BCUT2D eigenvalue weighted by Crippen LogP contribution is -2.93. The minimum Gasteiger partial charge on any atom is -0.336 e. The average Bonchev–Trinajstić information content (AvgIpc) is 2.67. The second-order valence-corrected chi connectivity index (χ2v) is 9.90. The Balaban J connectivity index is 1.50. The first kappa shape index (κ1) is 20.3. The Hall–Kier alpha value is -1.44. The van der Waals surface area contributed by atoms with Gasteiger partial charge < -0.3 is 10.2 Å². The summed E-state index contributed by atoms with van der Waals surface area (Å²) in [7, 11) is -3.48. The Kier molecular flexibility index (Phi) is 6.55. The second-order valence-electron chi connectivity index (χ2n) is 7.96. The zero-order valence-electron chi connectivity index (χ0n) is 16.4. The van der Waals surface area contributed by atoms with E-state index in [4.69, 9.17) is 0 Å². The third-order valence-electron chi connectivity index (χ3n) is 6.02. The highest BCUT2D eigenvalue weighted by Crippen LogP contribution is 2.21. The summed E-state index contributed by atoms with van der Waals surface area (Å²) >= 11 is 0. The predicted molar refractivity (Wildman–Crippen MR) is 105 cm³/mol. The number of carbonyl (C=O) groups is 1. The first-order valence-electron chi connectivity index (χ1n) is 10.1. The van der Waals surface area contributed by atoms with Crippen LogP contribution in [-0.4, -0.2) is 62.3 Å². The van der Waals surface area contributed by atoms with Crippen molar-refractivity contribution in [3.8, 4) is 0 Å². The lowest BCUT2D eigenvalue weighted by atomic mass is 9.86. The molecule has 2 fully saturated rings. The number of hydrogen-bond donors (Lipinski definition) is 1. The van der Waals surface area contributed by atoms with E-state index < -0.39 is 10.0 Å². The smallest absolute Gasteiger partial charge is 0.277 e. The van der Waals surface area contributed by atoms with E-state index in [1.165, 1.54) is 30.0 Å². The monoisotopic (exact) mass is 394 g/mol. The third-order valence-corrected chi connectivity index (χ3v) is 7.94. The summed E-state index contributed by atoms with van der Waals surface area (Å²) in [6.07, 6.45) is 5.01. The highest BCUT2D eigenvalue weighted by molar-refractivity contribution is 7.89. The Morgan fingerprint density at radius 2 is 1.70 bits per heavy atom. The predicted octanol–water partition coefficient (Wildman–Crippen LogP) is 0.970. The first-order valence-corrected chi connectivity index (χ1v) is 11.5. The van der Waals surface area contributed by atoms with Crippen LogP contribution in [0.4, 0.5) is 0 Å². The summed E-state index contributed by atoms with van der Waals surface area (Å²) in [6.45, 7) is 6.35. The van der Waals surface area contributed by atoms with Crippen LogP contribution in [0.5, 0.6) is 0 Å². The summed E-state index contributed by atoms with van der Waals surface area (Å²) in [4.78, 5) is 14.7. The fourth-order valence-electron chi connectivity index (χ4n) is 4.11. The quantitative estimate of drug-likeness (QED) is 0.809. The maximum atomic E-state index is 12.8. The molecule has 1 aromatic rings. The number of benzene rings is 1. The molecule has 1 saturated heterocycles. The van der Waals surface area contributed by atoms with Gasteiger partial charge in [0.1, 0.15) is 0 Å². The molecule has 3 rings (SSSR count). The molecule has 2 aliphatic rings. The standard InChI is InChI=1S/C20H31N3O3S/c1-16-7-9-18(10-8-16)27(25,26)23-13-11-22(12-14-23)20(24)15-21-19-6-4-3-5-17(19)2/h7-10,17,19,21H,3-6,11-15H2,1-2H3/p+1/t17-,19+/m0/s1. The summed E-state index contributed by atoms with van der Waals surface area (Å²) in [5.41, 5.74) is 1.04. The topological polar surface area (TPSA) is 74.3 Å². The molecule has 0 spiro atoms. The van der Waals surface area contributed by atoms with Gasteiger partial charge in [-0.15, -0.1) is 0 Å². The zero-order valence-corrected chi connectivity index (χ0v) is 17.2. The fourth-order valence-corrected chi connectivity index (χ4v) is 5.54.